The molecule has 15 heteroatoms. The van der Waals surface area contributed by atoms with E-state index < -0.39 is 15.7 Å². The largest absolute Gasteiger partial charge is 1.00 e. The van der Waals surface area contributed by atoms with Crippen LogP contribution in [0.4, 0.5) is 11.8 Å². The van der Waals surface area contributed by atoms with E-state index in [0.717, 1.165) is 0 Å². The fraction of sp³-hybridized carbons (Fsp3) is 0.500. The summed E-state index contributed by atoms with van der Waals surface area (Å²) in [5, 5.41) is 6.00. The number of likely N-dealkylation sites (tertiary alicyclic amines) is 1. The topological polar surface area (TPSA) is 196 Å². The van der Waals surface area contributed by atoms with Gasteiger partial charge in [-0.1, -0.05) is 11.1 Å². The predicted molar refractivity (Wildman–Crippen MR) is 149 cm³/mol. The summed E-state index contributed by atoms with van der Waals surface area (Å²) in [6.07, 6.45) is 3.85. The average molecular weight is 609 g/mol. The van der Waals surface area contributed by atoms with Crippen LogP contribution in [-0.4, -0.2) is 79.7 Å². The first kappa shape index (κ1) is 32.0. The molecule has 0 aliphatic carbocycles. The highest BCUT2D eigenvalue weighted by Gasteiger charge is 2.40. The van der Waals surface area contributed by atoms with Crippen LogP contribution < -0.4 is 39.5 Å². The number of nitrogen functional groups attached to an aromatic ring is 2. The third-order valence-corrected chi connectivity index (χ3v) is 8.79. The molecule has 1 fully saturated rings. The van der Waals surface area contributed by atoms with E-state index in [-0.39, 0.29) is 57.9 Å². The zero-order valence-electron chi connectivity index (χ0n) is 23.2. The number of anilines is 2. The van der Waals surface area contributed by atoms with E-state index in [2.05, 4.69) is 25.6 Å². The Morgan fingerprint density at radius 1 is 1.22 bits per heavy atom. The number of nitrogens with one attached hydrogen (secondary N) is 3. The lowest BCUT2D eigenvalue weighted by Crippen LogP contribution is -3.00. The number of benzene rings is 1. The summed E-state index contributed by atoms with van der Waals surface area (Å²) in [5.41, 5.74) is 11.4. The number of halogens is 1. The maximum absolute atomic E-state index is 13.2. The number of sulfone groups is 1. The zero-order chi connectivity index (χ0) is 28.9. The van der Waals surface area contributed by atoms with Gasteiger partial charge in [0.25, 0.3) is 11.8 Å². The molecule has 0 atom stereocenters. The molecule has 0 saturated carbocycles. The Hall–Kier alpha value is -3.49. The monoisotopic (exact) mass is 608 g/mol. The molecule has 7 N–H and O–H groups in total. The second-order valence-electron chi connectivity index (χ2n) is 10.4. The average Bonchev–Trinajstić information content (AvgIpc) is 3.29. The first-order chi connectivity index (χ1) is 19.0. The molecule has 1 aromatic heterocycles. The zero-order valence-corrected chi connectivity index (χ0v) is 24.7. The number of hydrogen-bond acceptors (Lipinski definition) is 10. The summed E-state index contributed by atoms with van der Waals surface area (Å²) in [7, 11) is -3.51. The van der Waals surface area contributed by atoms with Crippen molar-refractivity contribution >= 4 is 39.4 Å². The van der Waals surface area contributed by atoms with Crippen molar-refractivity contribution in [1.82, 2.24) is 20.5 Å². The number of H-pyrrole nitrogens is 1. The van der Waals surface area contributed by atoms with Gasteiger partial charge in [0.1, 0.15) is 5.56 Å². The highest BCUT2D eigenvalue weighted by molar-refractivity contribution is 7.91. The van der Waals surface area contributed by atoms with Crippen LogP contribution >= 0.6 is 0 Å². The molecule has 1 spiro atoms. The van der Waals surface area contributed by atoms with Gasteiger partial charge in [0.2, 0.25) is 5.82 Å². The van der Waals surface area contributed by atoms with Gasteiger partial charge >= 0.3 is 5.95 Å². The molecular formula is C26H37ClN8O5S. The van der Waals surface area contributed by atoms with Crippen molar-refractivity contribution in [3.8, 4) is 0 Å². The lowest BCUT2D eigenvalue weighted by Gasteiger charge is -2.39. The molecule has 0 bridgehead atoms. The van der Waals surface area contributed by atoms with Crippen LogP contribution in [0.3, 0.4) is 0 Å². The fourth-order valence-corrected chi connectivity index (χ4v) is 6.10. The van der Waals surface area contributed by atoms with Gasteiger partial charge in [-0.3, -0.25) is 25.6 Å². The van der Waals surface area contributed by atoms with Crippen LogP contribution in [0.5, 0.6) is 0 Å². The van der Waals surface area contributed by atoms with Gasteiger partial charge in [0.15, 0.2) is 15.8 Å². The van der Waals surface area contributed by atoms with E-state index in [9.17, 15) is 18.0 Å². The van der Waals surface area contributed by atoms with Crippen LogP contribution in [0, 0.1) is 0 Å². The lowest BCUT2D eigenvalue weighted by atomic mass is 9.88. The number of aliphatic imine (C=N–C) groups is 1. The molecule has 0 unspecified atom stereocenters. The number of aromatic amines is 1. The fourth-order valence-electron chi connectivity index (χ4n) is 4.69. The maximum atomic E-state index is 13.2. The van der Waals surface area contributed by atoms with Crippen molar-refractivity contribution in [3.05, 3.63) is 41.6 Å². The number of guanidine groups is 1. The normalized spacial score (nSPS) is 16.2. The molecule has 2 amide bonds. The summed E-state index contributed by atoms with van der Waals surface area (Å²) in [6.45, 7) is 5.76. The maximum Gasteiger partial charge on any atom is 0.388 e. The van der Waals surface area contributed by atoms with E-state index in [4.69, 9.17) is 16.2 Å². The van der Waals surface area contributed by atoms with Gasteiger partial charge in [-0.05, 0) is 57.7 Å². The number of carbonyl (C=O) groups excluding carboxylic acids is 2. The van der Waals surface area contributed by atoms with Gasteiger partial charge in [-0.2, -0.15) is 0 Å². The molecule has 13 nitrogen and oxygen atoms in total. The Morgan fingerprint density at radius 3 is 2.63 bits per heavy atom. The van der Waals surface area contributed by atoms with Crippen molar-refractivity contribution in [2.45, 2.75) is 56.1 Å². The Bertz CT molecular complexity index is 1390. The van der Waals surface area contributed by atoms with Crippen LogP contribution in [-0.2, 0) is 14.6 Å². The number of nitrogens with zero attached hydrogens (tertiary/aromatic N) is 3. The number of ether oxygens (including phenoxy) is 1. The molecule has 224 valence electrons. The Balaban J connectivity index is 0.00000462. The predicted octanol–water partition coefficient (Wildman–Crippen LogP) is -2.59. The van der Waals surface area contributed by atoms with E-state index in [1.165, 1.54) is 18.3 Å². The number of carbonyl (C=O) groups is 2. The summed E-state index contributed by atoms with van der Waals surface area (Å²) in [5.74, 6) is -0.260. The number of aromatic nitrogens is 2. The standard InChI is InChI=1S/C26H36N8O5S.ClH/c1-17(2)39-12-3-4-13-40(37,38)19-7-5-6-18(14-19)23(36)34-10-8-26(9-11-34)16-30-25(33-26)32-22(35)20-15-29-24(28)31-21(20)27;/h5-7,14-15,17H,3-4,8-13,16H2,1-2H3,(H4,27,28,29,31)(H2,30,32,33,35);1H. The number of piperidine rings is 1. The number of nitrogens with two attached hydrogens (primary N) is 2. The minimum Gasteiger partial charge on any atom is -1.00 e. The van der Waals surface area contributed by atoms with Crippen molar-refractivity contribution < 1.29 is 40.1 Å². The van der Waals surface area contributed by atoms with Crippen LogP contribution in [0.15, 0.2) is 40.4 Å². The van der Waals surface area contributed by atoms with Crippen molar-refractivity contribution in [2.75, 3.05) is 43.5 Å². The molecule has 1 saturated heterocycles. The quantitative estimate of drug-likeness (QED) is 0.221. The lowest BCUT2D eigenvalue weighted by molar-refractivity contribution is -0.364. The Kier molecular flexibility index (Phi) is 10.5. The molecule has 3 heterocycles. The van der Waals surface area contributed by atoms with Crippen LogP contribution in [0.1, 0.15) is 60.2 Å². The third-order valence-electron chi connectivity index (χ3n) is 6.99. The summed E-state index contributed by atoms with van der Waals surface area (Å²) >= 11 is 0. The second-order valence-corrected chi connectivity index (χ2v) is 12.5. The summed E-state index contributed by atoms with van der Waals surface area (Å²) in [4.78, 5) is 38.6. The van der Waals surface area contributed by atoms with Gasteiger partial charge in [-0.15, -0.1) is 0 Å². The van der Waals surface area contributed by atoms with Gasteiger partial charge < -0.3 is 33.1 Å². The number of hydrogen-bond donors (Lipinski definition) is 4. The van der Waals surface area contributed by atoms with Crippen LogP contribution in [0.25, 0.3) is 0 Å². The van der Waals surface area contributed by atoms with Crippen LogP contribution in [0.2, 0.25) is 0 Å². The van der Waals surface area contributed by atoms with Gasteiger partial charge in [0, 0.05) is 25.3 Å². The van der Waals surface area contributed by atoms with Crippen molar-refractivity contribution in [3.63, 3.8) is 0 Å². The highest BCUT2D eigenvalue weighted by Crippen LogP contribution is 2.27. The van der Waals surface area contributed by atoms with E-state index in [0.29, 0.717) is 63.4 Å². The van der Waals surface area contributed by atoms with Crippen molar-refractivity contribution in [2.24, 2.45) is 4.99 Å². The van der Waals surface area contributed by atoms with E-state index >= 15 is 0 Å². The number of rotatable bonds is 9. The van der Waals surface area contributed by atoms with E-state index in [1.807, 2.05) is 13.8 Å². The molecule has 1 aromatic carbocycles. The molecule has 0 radical (unpaired) electrons. The smallest absolute Gasteiger partial charge is 0.388 e. The number of unbranched alkanes of at least 4 members (excludes halogenated alkanes) is 1. The highest BCUT2D eigenvalue weighted by atomic mass is 35.5. The third kappa shape index (κ3) is 8.05. The number of amides is 2. The Morgan fingerprint density at radius 2 is 1.95 bits per heavy atom. The minimum absolute atomic E-state index is 0. The second kappa shape index (κ2) is 13.4. The first-order valence-corrected chi connectivity index (χ1v) is 14.9. The first-order valence-electron chi connectivity index (χ1n) is 13.3. The SMILES string of the molecule is CC(C)OCCCCS(=O)(=O)c1cccc(C(=O)N2CCC3(CC2)CN=C(NC(=O)c2c[nH+]c(N)nc2N)N3)c1.[Cl-]. The molecule has 2 aliphatic heterocycles. The minimum atomic E-state index is -3.51. The molecule has 4 rings (SSSR count). The molecule has 2 aliphatic rings. The summed E-state index contributed by atoms with van der Waals surface area (Å²) < 4.78 is 31.2. The van der Waals surface area contributed by atoms with Gasteiger partial charge in [0.05, 0.1) is 35.0 Å². The van der Waals surface area contributed by atoms with E-state index in [1.54, 1.807) is 17.0 Å². The van der Waals surface area contributed by atoms with Crippen molar-refractivity contribution in [1.29, 1.82) is 0 Å². The molecular weight excluding hydrogens is 572 g/mol. The van der Waals surface area contributed by atoms with Gasteiger partial charge in [-0.25, -0.2) is 13.4 Å². The molecule has 2 aromatic rings. The molecule has 41 heavy (non-hydrogen) atoms. The summed E-state index contributed by atoms with van der Waals surface area (Å²) in [6, 6.07) is 6.24. The Labute approximate surface area is 245 Å².